The number of aryl methyl sites for hydroxylation is 1. The lowest BCUT2D eigenvalue weighted by atomic mass is 10.1. The maximum absolute atomic E-state index is 11.3. The third-order valence-electron chi connectivity index (χ3n) is 2.27. The topological polar surface area (TPSA) is 37.3 Å². The van der Waals surface area contributed by atoms with Gasteiger partial charge in [-0.2, -0.15) is 0 Å². The zero-order chi connectivity index (χ0) is 11.4. The van der Waals surface area contributed by atoms with Gasteiger partial charge in [0.1, 0.15) is 5.75 Å². The average molecular weight is 204 g/mol. The van der Waals surface area contributed by atoms with E-state index in [4.69, 9.17) is 0 Å². The highest BCUT2D eigenvalue weighted by Crippen LogP contribution is 2.22. The summed E-state index contributed by atoms with van der Waals surface area (Å²) >= 11 is 0. The zero-order valence-corrected chi connectivity index (χ0v) is 9.32. The molecule has 1 aromatic rings. The Hall–Kier alpha value is -1.57. The van der Waals surface area contributed by atoms with Crippen LogP contribution in [0.2, 0.25) is 0 Å². The Kier molecular flexibility index (Phi) is 3.67. The molecule has 0 aliphatic rings. The van der Waals surface area contributed by atoms with E-state index in [0.29, 0.717) is 5.56 Å². The van der Waals surface area contributed by atoms with Gasteiger partial charge in [-0.1, -0.05) is 32.0 Å². The quantitative estimate of drug-likeness (QED) is 0.768. The molecule has 0 aliphatic heterocycles. The summed E-state index contributed by atoms with van der Waals surface area (Å²) in [7, 11) is 0. The predicted octanol–water partition coefficient (Wildman–Crippen LogP) is 2.94. The Morgan fingerprint density at radius 1 is 1.40 bits per heavy atom. The van der Waals surface area contributed by atoms with Gasteiger partial charge in [-0.05, 0) is 24.6 Å². The molecule has 0 aliphatic carbocycles. The van der Waals surface area contributed by atoms with Crippen molar-refractivity contribution >= 4 is 11.9 Å². The third kappa shape index (κ3) is 2.94. The van der Waals surface area contributed by atoms with E-state index in [1.807, 2.05) is 32.9 Å². The van der Waals surface area contributed by atoms with Crippen LogP contribution in [0.15, 0.2) is 24.3 Å². The van der Waals surface area contributed by atoms with Gasteiger partial charge < -0.3 is 5.11 Å². The summed E-state index contributed by atoms with van der Waals surface area (Å²) in [6.07, 6.45) is 3.17. The standard InChI is InChI=1S/C13H16O2/c1-9(2)12(14)8-7-11-6-4-5-10(3)13(11)15/h4-9,15H,1-3H3/b8-7-. The smallest absolute Gasteiger partial charge is 0.158 e. The molecule has 2 heteroatoms. The SMILES string of the molecule is Cc1cccc(/C=C\C(=O)C(C)C)c1O. The number of aromatic hydroxyl groups is 1. The normalized spacial score (nSPS) is 11.2. The monoisotopic (exact) mass is 204 g/mol. The van der Waals surface area contributed by atoms with Crippen LogP contribution in [-0.2, 0) is 4.79 Å². The van der Waals surface area contributed by atoms with Crippen molar-refractivity contribution in [3.63, 3.8) is 0 Å². The van der Waals surface area contributed by atoms with Gasteiger partial charge in [0.15, 0.2) is 5.78 Å². The van der Waals surface area contributed by atoms with Crippen molar-refractivity contribution in [3.8, 4) is 5.75 Å². The molecule has 0 bridgehead atoms. The summed E-state index contributed by atoms with van der Waals surface area (Å²) in [5, 5.41) is 9.69. The third-order valence-corrected chi connectivity index (χ3v) is 2.27. The van der Waals surface area contributed by atoms with Gasteiger partial charge in [0.05, 0.1) is 0 Å². The molecule has 0 amide bonds. The van der Waals surface area contributed by atoms with E-state index < -0.39 is 0 Å². The van der Waals surface area contributed by atoms with Crippen LogP contribution < -0.4 is 0 Å². The molecule has 0 heterocycles. The fraction of sp³-hybridized carbons (Fsp3) is 0.308. The fourth-order valence-corrected chi connectivity index (χ4v) is 1.18. The summed E-state index contributed by atoms with van der Waals surface area (Å²) in [5.41, 5.74) is 1.50. The van der Waals surface area contributed by atoms with Gasteiger partial charge in [-0.3, -0.25) is 4.79 Å². The van der Waals surface area contributed by atoms with E-state index in [9.17, 15) is 9.90 Å². The number of rotatable bonds is 3. The van der Waals surface area contributed by atoms with E-state index in [-0.39, 0.29) is 17.5 Å². The molecule has 2 nitrogen and oxygen atoms in total. The Balaban J connectivity index is 2.90. The Morgan fingerprint density at radius 3 is 2.67 bits per heavy atom. The van der Waals surface area contributed by atoms with E-state index in [0.717, 1.165) is 5.56 Å². The first-order valence-electron chi connectivity index (χ1n) is 5.03. The summed E-state index contributed by atoms with van der Waals surface area (Å²) in [6, 6.07) is 5.47. The maximum Gasteiger partial charge on any atom is 0.158 e. The highest BCUT2D eigenvalue weighted by atomic mass is 16.3. The summed E-state index contributed by atoms with van der Waals surface area (Å²) in [6.45, 7) is 5.53. The first-order valence-corrected chi connectivity index (χ1v) is 5.03. The van der Waals surface area contributed by atoms with Gasteiger partial charge in [0.2, 0.25) is 0 Å². The summed E-state index contributed by atoms with van der Waals surface area (Å²) in [5.74, 6) is 0.300. The average Bonchev–Trinajstić information content (AvgIpc) is 2.19. The lowest BCUT2D eigenvalue weighted by molar-refractivity contribution is -0.117. The molecular weight excluding hydrogens is 188 g/mol. The van der Waals surface area contributed by atoms with Crippen LogP contribution in [0.5, 0.6) is 5.75 Å². The largest absolute Gasteiger partial charge is 0.507 e. The second kappa shape index (κ2) is 4.78. The minimum atomic E-state index is -0.00629. The van der Waals surface area contributed by atoms with Crippen molar-refractivity contribution in [2.24, 2.45) is 5.92 Å². The van der Waals surface area contributed by atoms with Crippen LogP contribution in [0.25, 0.3) is 6.08 Å². The first kappa shape index (κ1) is 11.5. The second-order valence-corrected chi connectivity index (χ2v) is 3.90. The van der Waals surface area contributed by atoms with Crippen LogP contribution >= 0.6 is 0 Å². The maximum atomic E-state index is 11.3. The minimum absolute atomic E-state index is 0.00629. The Labute approximate surface area is 90.3 Å². The van der Waals surface area contributed by atoms with Crippen LogP contribution in [-0.4, -0.2) is 10.9 Å². The Bertz CT molecular complexity index is 390. The van der Waals surface area contributed by atoms with E-state index >= 15 is 0 Å². The second-order valence-electron chi connectivity index (χ2n) is 3.90. The summed E-state index contributed by atoms with van der Waals surface area (Å²) in [4.78, 5) is 11.3. The van der Waals surface area contributed by atoms with Crippen LogP contribution in [0.3, 0.4) is 0 Å². The lowest BCUT2D eigenvalue weighted by Crippen LogP contribution is -2.01. The number of carbonyl (C=O) groups is 1. The van der Waals surface area contributed by atoms with Gasteiger partial charge in [0.25, 0.3) is 0 Å². The number of para-hydroxylation sites is 1. The highest BCUT2D eigenvalue weighted by Gasteiger charge is 2.03. The lowest BCUT2D eigenvalue weighted by Gasteiger charge is -2.02. The molecule has 0 fully saturated rings. The van der Waals surface area contributed by atoms with E-state index in [1.54, 1.807) is 12.1 Å². The number of hydrogen-bond acceptors (Lipinski definition) is 2. The molecule has 15 heavy (non-hydrogen) atoms. The van der Waals surface area contributed by atoms with Crippen LogP contribution in [0, 0.1) is 12.8 Å². The molecule has 0 saturated carbocycles. The van der Waals surface area contributed by atoms with Crippen molar-refractivity contribution in [1.82, 2.24) is 0 Å². The molecule has 80 valence electrons. The van der Waals surface area contributed by atoms with Crippen molar-refractivity contribution < 1.29 is 9.90 Å². The number of hydrogen-bond donors (Lipinski definition) is 1. The minimum Gasteiger partial charge on any atom is -0.507 e. The van der Waals surface area contributed by atoms with Crippen LogP contribution in [0.1, 0.15) is 25.0 Å². The number of benzene rings is 1. The molecule has 0 aromatic heterocycles. The molecule has 1 rings (SSSR count). The number of ketones is 1. The molecule has 0 radical (unpaired) electrons. The van der Waals surface area contributed by atoms with Gasteiger partial charge in [-0.15, -0.1) is 0 Å². The summed E-state index contributed by atoms with van der Waals surface area (Å²) < 4.78 is 0. The van der Waals surface area contributed by atoms with Gasteiger partial charge in [0, 0.05) is 11.5 Å². The van der Waals surface area contributed by atoms with Crippen molar-refractivity contribution in [2.75, 3.05) is 0 Å². The van der Waals surface area contributed by atoms with E-state index in [1.165, 1.54) is 6.08 Å². The number of carbonyl (C=O) groups excluding carboxylic acids is 1. The van der Waals surface area contributed by atoms with Crippen molar-refractivity contribution in [2.45, 2.75) is 20.8 Å². The number of phenolic OH excluding ortho intramolecular Hbond substituents is 1. The molecular formula is C13H16O2. The van der Waals surface area contributed by atoms with Crippen molar-refractivity contribution in [1.29, 1.82) is 0 Å². The molecule has 1 N–H and O–H groups in total. The van der Waals surface area contributed by atoms with Crippen molar-refractivity contribution in [3.05, 3.63) is 35.4 Å². The zero-order valence-electron chi connectivity index (χ0n) is 9.32. The first-order chi connectivity index (χ1) is 7.02. The number of phenols is 1. The van der Waals surface area contributed by atoms with E-state index in [2.05, 4.69) is 0 Å². The van der Waals surface area contributed by atoms with Gasteiger partial charge >= 0.3 is 0 Å². The predicted molar refractivity (Wildman–Crippen MR) is 61.7 cm³/mol. The number of allylic oxidation sites excluding steroid dienone is 1. The Morgan fingerprint density at radius 2 is 2.07 bits per heavy atom. The molecule has 1 aromatic carbocycles. The highest BCUT2D eigenvalue weighted by molar-refractivity contribution is 5.95. The molecule has 0 atom stereocenters. The fourth-order valence-electron chi connectivity index (χ4n) is 1.18. The molecule has 0 unspecified atom stereocenters. The van der Waals surface area contributed by atoms with Crippen LogP contribution in [0.4, 0.5) is 0 Å². The molecule has 0 saturated heterocycles. The van der Waals surface area contributed by atoms with Gasteiger partial charge in [-0.25, -0.2) is 0 Å². The molecule has 0 spiro atoms.